The number of nitrogens with one attached hydrogen (secondary N) is 1. The van der Waals surface area contributed by atoms with Gasteiger partial charge in [0, 0.05) is 19.5 Å². The second-order valence-electron chi connectivity index (χ2n) is 4.52. The quantitative estimate of drug-likeness (QED) is 0.614. The first-order chi connectivity index (χ1) is 8.78. The molecule has 0 amide bonds. The third-order valence-corrected chi connectivity index (χ3v) is 5.07. The standard InChI is InChI=1S/C13H21N3O2S/c1-4-16(8-7-13(14)15)19(17,18)12-6-5-10(2)11(3)9-12/h5-6,9H,4,7-8H2,1-3H3,(H3,14,15). The van der Waals surface area contributed by atoms with Crippen molar-refractivity contribution in [3.05, 3.63) is 29.3 Å². The summed E-state index contributed by atoms with van der Waals surface area (Å²) in [6.45, 7) is 6.21. The lowest BCUT2D eigenvalue weighted by molar-refractivity contribution is 0.436. The minimum Gasteiger partial charge on any atom is -0.388 e. The first kappa shape index (κ1) is 15.7. The van der Waals surface area contributed by atoms with E-state index in [4.69, 9.17) is 11.1 Å². The Kier molecular flexibility index (Phi) is 5.08. The average Bonchev–Trinajstić information content (AvgIpc) is 2.32. The summed E-state index contributed by atoms with van der Waals surface area (Å²) < 4.78 is 26.3. The summed E-state index contributed by atoms with van der Waals surface area (Å²) in [6, 6.07) is 5.11. The number of nitrogens with zero attached hydrogens (tertiary/aromatic N) is 1. The number of sulfonamides is 1. The molecule has 0 radical (unpaired) electrons. The summed E-state index contributed by atoms with van der Waals surface area (Å²) >= 11 is 0. The van der Waals surface area contributed by atoms with Crippen LogP contribution in [0.2, 0.25) is 0 Å². The largest absolute Gasteiger partial charge is 0.388 e. The summed E-state index contributed by atoms with van der Waals surface area (Å²) in [4.78, 5) is 0.293. The van der Waals surface area contributed by atoms with Crippen molar-refractivity contribution in [1.82, 2.24) is 4.31 Å². The third-order valence-electron chi connectivity index (χ3n) is 3.10. The van der Waals surface area contributed by atoms with E-state index < -0.39 is 10.0 Å². The zero-order valence-corrected chi connectivity index (χ0v) is 12.4. The summed E-state index contributed by atoms with van der Waals surface area (Å²) in [7, 11) is -3.50. The molecule has 0 bridgehead atoms. The van der Waals surface area contributed by atoms with E-state index >= 15 is 0 Å². The summed E-state index contributed by atoms with van der Waals surface area (Å²) in [5.41, 5.74) is 7.29. The number of amidine groups is 1. The molecular weight excluding hydrogens is 262 g/mol. The predicted octanol–water partition coefficient (Wildman–Crippen LogP) is 1.64. The Hall–Kier alpha value is -1.40. The number of aryl methyl sites for hydroxylation is 2. The molecule has 0 fully saturated rings. The molecule has 106 valence electrons. The lowest BCUT2D eigenvalue weighted by Crippen LogP contribution is -2.33. The van der Waals surface area contributed by atoms with Gasteiger partial charge >= 0.3 is 0 Å². The fourth-order valence-corrected chi connectivity index (χ4v) is 3.25. The lowest BCUT2D eigenvalue weighted by Gasteiger charge is -2.20. The fourth-order valence-electron chi connectivity index (χ4n) is 1.72. The van der Waals surface area contributed by atoms with Crippen molar-refractivity contribution in [1.29, 1.82) is 5.41 Å². The molecule has 0 aliphatic rings. The van der Waals surface area contributed by atoms with Crippen LogP contribution in [0.3, 0.4) is 0 Å². The normalized spacial score (nSPS) is 11.8. The molecule has 0 saturated carbocycles. The highest BCUT2D eigenvalue weighted by molar-refractivity contribution is 7.89. The molecule has 0 atom stereocenters. The van der Waals surface area contributed by atoms with Crippen LogP contribution in [0.5, 0.6) is 0 Å². The van der Waals surface area contributed by atoms with Crippen molar-refractivity contribution in [2.75, 3.05) is 13.1 Å². The van der Waals surface area contributed by atoms with Gasteiger partial charge in [-0.1, -0.05) is 13.0 Å². The average molecular weight is 283 g/mol. The molecule has 0 unspecified atom stereocenters. The van der Waals surface area contributed by atoms with Crippen LogP contribution >= 0.6 is 0 Å². The second-order valence-corrected chi connectivity index (χ2v) is 6.46. The molecule has 6 heteroatoms. The first-order valence-corrected chi connectivity index (χ1v) is 7.63. The molecule has 0 aliphatic carbocycles. The molecule has 1 aromatic rings. The third kappa shape index (κ3) is 3.78. The topological polar surface area (TPSA) is 87.2 Å². The Morgan fingerprint density at radius 3 is 2.42 bits per heavy atom. The number of nitrogens with two attached hydrogens (primary N) is 1. The maximum absolute atomic E-state index is 12.5. The van der Waals surface area contributed by atoms with Gasteiger partial charge in [0.1, 0.15) is 0 Å². The van der Waals surface area contributed by atoms with Crippen LogP contribution in [0.15, 0.2) is 23.1 Å². The minimum atomic E-state index is -3.50. The van der Waals surface area contributed by atoms with Crippen molar-refractivity contribution in [2.45, 2.75) is 32.1 Å². The number of hydrogen-bond donors (Lipinski definition) is 2. The number of hydrogen-bond acceptors (Lipinski definition) is 3. The minimum absolute atomic E-state index is 0.00580. The van der Waals surface area contributed by atoms with Crippen LogP contribution in [-0.2, 0) is 10.0 Å². The van der Waals surface area contributed by atoms with Crippen molar-refractivity contribution in [3.8, 4) is 0 Å². The lowest BCUT2D eigenvalue weighted by atomic mass is 10.1. The SMILES string of the molecule is CCN(CCC(=N)N)S(=O)(=O)c1ccc(C)c(C)c1. The molecule has 0 saturated heterocycles. The van der Waals surface area contributed by atoms with E-state index in [1.54, 1.807) is 25.1 Å². The van der Waals surface area contributed by atoms with Gasteiger partial charge in [-0.25, -0.2) is 8.42 Å². The maximum atomic E-state index is 12.5. The van der Waals surface area contributed by atoms with Crippen LogP contribution in [0.4, 0.5) is 0 Å². The van der Waals surface area contributed by atoms with E-state index in [1.165, 1.54) is 4.31 Å². The van der Waals surface area contributed by atoms with Gasteiger partial charge < -0.3 is 5.73 Å². The Bertz CT molecular complexity index is 567. The van der Waals surface area contributed by atoms with E-state index in [2.05, 4.69) is 0 Å². The fraction of sp³-hybridized carbons (Fsp3) is 0.462. The van der Waals surface area contributed by atoms with Gasteiger partial charge in [0.25, 0.3) is 0 Å². The van der Waals surface area contributed by atoms with Gasteiger partial charge in [-0.3, -0.25) is 5.41 Å². The van der Waals surface area contributed by atoms with E-state index in [0.717, 1.165) is 11.1 Å². The van der Waals surface area contributed by atoms with Crippen LogP contribution in [0, 0.1) is 19.3 Å². The molecule has 1 rings (SSSR count). The zero-order chi connectivity index (χ0) is 14.6. The first-order valence-electron chi connectivity index (χ1n) is 6.19. The molecule has 0 heterocycles. The highest BCUT2D eigenvalue weighted by atomic mass is 32.2. The maximum Gasteiger partial charge on any atom is 0.243 e. The van der Waals surface area contributed by atoms with Crippen LogP contribution in [0.25, 0.3) is 0 Å². The highest BCUT2D eigenvalue weighted by Gasteiger charge is 2.23. The van der Waals surface area contributed by atoms with Gasteiger partial charge in [-0.2, -0.15) is 4.31 Å². The molecule has 1 aromatic carbocycles. The smallest absolute Gasteiger partial charge is 0.243 e. The van der Waals surface area contributed by atoms with Crippen LogP contribution < -0.4 is 5.73 Å². The Morgan fingerprint density at radius 1 is 1.32 bits per heavy atom. The molecule has 0 aliphatic heterocycles. The Labute approximate surface area is 115 Å². The second kappa shape index (κ2) is 6.16. The van der Waals surface area contributed by atoms with Crippen molar-refractivity contribution >= 4 is 15.9 Å². The zero-order valence-electron chi connectivity index (χ0n) is 11.6. The number of rotatable bonds is 6. The monoisotopic (exact) mass is 283 g/mol. The van der Waals surface area contributed by atoms with E-state index in [-0.39, 0.29) is 18.8 Å². The molecular formula is C13H21N3O2S. The highest BCUT2D eigenvalue weighted by Crippen LogP contribution is 2.19. The van der Waals surface area contributed by atoms with Crippen molar-refractivity contribution in [2.24, 2.45) is 5.73 Å². The van der Waals surface area contributed by atoms with E-state index in [0.29, 0.717) is 11.4 Å². The van der Waals surface area contributed by atoms with Crippen LogP contribution in [-0.4, -0.2) is 31.6 Å². The van der Waals surface area contributed by atoms with Gasteiger partial charge in [-0.05, 0) is 37.1 Å². The molecule has 0 spiro atoms. The van der Waals surface area contributed by atoms with E-state index in [1.807, 2.05) is 13.8 Å². The molecule has 0 aromatic heterocycles. The van der Waals surface area contributed by atoms with Crippen LogP contribution in [0.1, 0.15) is 24.5 Å². The summed E-state index contributed by atoms with van der Waals surface area (Å²) in [5, 5.41) is 7.19. The molecule has 19 heavy (non-hydrogen) atoms. The van der Waals surface area contributed by atoms with Crippen molar-refractivity contribution in [3.63, 3.8) is 0 Å². The molecule has 3 N–H and O–H groups in total. The Balaban J connectivity index is 3.06. The summed E-state index contributed by atoms with van der Waals surface area (Å²) in [6.07, 6.45) is 0.248. The van der Waals surface area contributed by atoms with Gasteiger partial charge in [-0.15, -0.1) is 0 Å². The number of benzene rings is 1. The van der Waals surface area contributed by atoms with Crippen molar-refractivity contribution < 1.29 is 8.42 Å². The van der Waals surface area contributed by atoms with Gasteiger partial charge in [0.2, 0.25) is 10.0 Å². The van der Waals surface area contributed by atoms with E-state index in [9.17, 15) is 8.42 Å². The molecule has 5 nitrogen and oxygen atoms in total. The van der Waals surface area contributed by atoms with Gasteiger partial charge in [0.05, 0.1) is 10.7 Å². The predicted molar refractivity (Wildman–Crippen MR) is 76.9 cm³/mol. The summed E-state index contributed by atoms with van der Waals surface area (Å²) in [5.74, 6) is -0.00580. The Morgan fingerprint density at radius 2 is 1.95 bits per heavy atom. The van der Waals surface area contributed by atoms with Gasteiger partial charge in [0.15, 0.2) is 0 Å².